The molecule has 0 atom stereocenters. The highest BCUT2D eigenvalue weighted by Gasteiger charge is 2.14. The summed E-state index contributed by atoms with van der Waals surface area (Å²) in [5.41, 5.74) is 0.376. The number of amides is 1. The fourth-order valence-corrected chi connectivity index (χ4v) is 2.49. The second-order valence-corrected chi connectivity index (χ2v) is 5.75. The van der Waals surface area contributed by atoms with Crippen LogP contribution < -0.4 is 4.74 Å². The molecule has 0 saturated carbocycles. The number of hydrogen-bond donors (Lipinski definition) is 0. The summed E-state index contributed by atoms with van der Waals surface area (Å²) in [5.74, 6) is -0.475. The SMILES string of the molecule is CCCCN(C)C(=O)COc1nnc(-c2ccccc2F)s1. The number of ether oxygens (including phenoxy) is 1. The van der Waals surface area contributed by atoms with Gasteiger partial charge in [-0.1, -0.05) is 41.9 Å². The third kappa shape index (κ3) is 4.24. The zero-order valence-corrected chi connectivity index (χ0v) is 13.4. The van der Waals surface area contributed by atoms with Crippen LogP contribution in [0.3, 0.4) is 0 Å². The molecule has 0 saturated heterocycles. The van der Waals surface area contributed by atoms with Crippen molar-refractivity contribution in [3.63, 3.8) is 0 Å². The third-order valence-corrected chi connectivity index (χ3v) is 3.97. The van der Waals surface area contributed by atoms with Crippen molar-refractivity contribution >= 4 is 17.2 Å². The van der Waals surface area contributed by atoms with Crippen LogP contribution in [0.1, 0.15) is 19.8 Å². The maximum absolute atomic E-state index is 13.7. The maximum Gasteiger partial charge on any atom is 0.294 e. The molecule has 0 radical (unpaired) electrons. The molecule has 1 amide bonds. The van der Waals surface area contributed by atoms with Crippen molar-refractivity contribution in [2.24, 2.45) is 0 Å². The molecule has 0 fully saturated rings. The van der Waals surface area contributed by atoms with E-state index < -0.39 is 0 Å². The summed E-state index contributed by atoms with van der Waals surface area (Å²) < 4.78 is 19.0. The van der Waals surface area contributed by atoms with Gasteiger partial charge in [0.25, 0.3) is 11.1 Å². The molecule has 0 N–H and O–H groups in total. The topological polar surface area (TPSA) is 55.3 Å². The number of nitrogens with zero attached hydrogens (tertiary/aromatic N) is 3. The van der Waals surface area contributed by atoms with Crippen LogP contribution in [-0.4, -0.2) is 41.2 Å². The number of unbranched alkanes of at least 4 members (excludes halogenated alkanes) is 1. The maximum atomic E-state index is 13.7. The molecule has 7 heteroatoms. The molecular weight excluding hydrogens is 305 g/mol. The highest BCUT2D eigenvalue weighted by atomic mass is 32.1. The van der Waals surface area contributed by atoms with Crippen molar-refractivity contribution in [2.45, 2.75) is 19.8 Å². The Labute approximate surface area is 132 Å². The first kappa shape index (κ1) is 16.4. The largest absolute Gasteiger partial charge is 0.459 e. The van der Waals surface area contributed by atoms with Crippen LogP contribution in [0.2, 0.25) is 0 Å². The highest BCUT2D eigenvalue weighted by molar-refractivity contribution is 7.16. The predicted molar refractivity (Wildman–Crippen MR) is 83.3 cm³/mol. The minimum atomic E-state index is -0.361. The number of benzene rings is 1. The van der Waals surface area contributed by atoms with Crippen molar-refractivity contribution in [3.05, 3.63) is 30.1 Å². The monoisotopic (exact) mass is 323 g/mol. The van der Waals surface area contributed by atoms with E-state index >= 15 is 0 Å². The first-order chi connectivity index (χ1) is 10.6. The average Bonchev–Trinajstić information content (AvgIpc) is 2.99. The van der Waals surface area contributed by atoms with Gasteiger partial charge in [-0.25, -0.2) is 4.39 Å². The van der Waals surface area contributed by atoms with Crippen molar-refractivity contribution in [3.8, 4) is 15.8 Å². The Bertz CT molecular complexity index is 633. The van der Waals surface area contributed by atoms with Gasteiger partial charge in [-0.3, -0.25) is 4.79 Å². The molecule has 1 aromatic carbocycles. The molecule has 118 valence electrons. The van der Waals surface area contributed by atoms with E-state index in [1.807, 2.05) is 0 Å². The summed E-state index contributed by atoms with van der Waals surface area (Å²) in [6.45, 7) is 2.68. The molecule has 22 heavy (non-hydrogen) atoms. The number of rotatable bonds is 7. The fraction of sp³-hybridized carbons (Fsp3) is 0.400. The van der Waals surface area contributed by atoms with Crippen LogP contribution in [0, 0.1) is 5.82 Å². The summed E-state index contributed by atoms with van der Waals surface area (Å²) in [4.78, 5) is 13.5. The lowest BCUT2D eigenvalue weighted by molar-refractivity contribution is -0.132. The van der Waals surface area contributed by atoms with Crippen molar-refractivity contribution < 1.29 is 13.9 Å². The van der Waals surface area contributed by atoms with Crippen molar-refractivity contribution in [1.29, 1.82) is 0 Å². The van der Waals surface area contributed by atoms with E-state index in [1.165, 1.54) is 6.07 Å². The van der Waals surface area contributed by atoms with Gasteiger partial charge >= 0.3 is 0 Å². The van der Waals surface area contributed by atoms with E-state index in [-0.39, 0.29) is 23.5 Å². The molecule has 0 aliphatic rings. The molecular formula is C15H18FN3O2S. The molecule has 0 aliphatic carbocycles. The van der Waals surface area contributed by atoms with E-state index in [1.54, 1.807) is 30.1 Å². The predicted octanol–water partition coefficient (Wildman–Crippen LogP) is 2.98. The van der Waals surface area contributed by atoms with E-state index in [4.69, 9.17) is 4.74 Å². The van der Waals surface area contributed by atoms with Crippen LogP contribution in [0.25, 0.3) is 10.6 Å². The van der Waals surface area contributed by atoms with Crippen LogP contribution >= 0.6 is 11.3 Å². The molecule has 2 aromatic rings. The molecule has 1 heterocycles. The van der Waals surface area contributed by atoms with Crippen LogP contribution in [0.4, 0.5) is 4.39 Å². The zero-order valence-electron chi connectivity index (χ0n) is 12.6. The fourth-order valence-electron chi connectivity index (χ4n) is 1.77. The third-order valence-electron chi connectivity index (χ3n) is 3.10. The lowest BCUT2D eigenvalue weighted by Gasteiger charge is -2.15. The van der Waals surface area contributed by atoms with Gasteiger partial charge in [0.1, 0.15) is 5.82 Å². The first-order valence-corrected chi connectivity index (χ1v) is 7.88. The Morgan fingerprint density at radius 1 is 1.36 bits per heavy atom. The van der Waals surface area contributed by atoms with Gasteiger partial charge in [-0.15, -0.1) is 5.10 Å². The molecule has 0 bridgehead atoms. The van der Waals surface area contributed by atoms with Gasteiger partial charge in [0.2, 0.25) is 0 Å². The summed E-state index contributed by atoms with van der Waals surface area (Å²) >= 11 is 1.12. The Morgan fingerprint density at radius 3 is 2.86 bits per heavy atom. The number of hydrogen-bond acceptors (Lipinski definition) is 5. The van der Waals surface area contributed by atoms with Gasteiger partial charge in [-0.2, -0.15) is 0 Å². The summed E-state index contributed by atoms with van der Waals surface area (Å²) in [6, 6.07) is 6.33. The van der Waals surface area contributed by atoms with Crippen LogP contribution in [0.15, 0.2) is 24.3 Å². The first-order valence-electron chi connectivity index (χ1n) is 7.07. The standard InChI is InChI=1S/C15H18FN3O2S/c1-3-4-9-19(2)13(20)10-21-15-18-17-14(22-15)11-7-5-6-8-12(11)16/h5-8H,3-4,9-10H2,1-2H3. The lowest BCUT2D eigenvalue weighted by Crippen LogP contribution is -2.32. The Balaban J connectivity index is 1.93. The molecule has 0 unspecified atom stereocenters. The quantitative estimate of drug-likeness (QED) is 0.786. The minimum Gasteiger partial charge on any atom is -0.459 e. The molecule has 5 nitrogen and oxygen atoms in total. The number of halogens is 1. The zero-order chi connectivity index (χ0) is 15.9. The lowest BCUT2D eigenvalue weighted by atomic mass is 10.2. The minimum absolute atomic E-state index is 0.0912. The Morgan fingerprint density at radius 2 is 2.14 bits per heavy atom. The smallest absolute Gasteiger partial charge is 0.294 e. The van der Waals surface area contributed by atoms with Crippen LogP contribution in [-0.2, 0) is 4.79 Å². The Hall–Kier alpha value is -2.02. The molecule has 2 rings (SSSR count). The highest BCUT2D eigenvalue weighted by Crippen LogP contribution is 2.29. The summed E-state index contributed by atoms with van der Waals surface area (Å²) in [6.07, 6.45) is 1.99. The number of carbonyl (C=O) groups excluding carboxylic acids is 1. The van der Waals surface area contributed by atoms with Gasteiger partial charge in [0.05, 0.1) is 0 Å². The van der Waals surface area contributed by atoms with Crippen molar-refractivity contribution in [2.75, 3.05) is 20.2 Å². The van der Waals surface area contributed by atoms with E-state index in [0.717, 1.165) is 24.2 Å². The van der Waals surface area contributed by atoms with E-state index in [0.29, 0.717) is 17.1 Å². The number of likely N-dealkylation sites (N-methyl/N-ethyl adjacent to an activating group) is 1. The second-order valence-electron chi connectivity index (χ2n) is 4.81. The van der Waals surface area contributed by atoms with E-state index in [2.05, 4.69) is 17.1 Å². The number of carbonyl (C=O) groups is 1. The van der Waals surface area contributed by atoms with Gasteiger partial charge < -0.3 is 9.64 Å². The van der Waals surface area contributed by atoms with E-state index in [9.17, 15) is 9.18 Å². The molecule has 0 aliphatic heterocycles. The van der Waals surface area contributed by atoms with Gasteiger partial charge in [-0.05, 0) is 18.6 Å². The van der Waals surface area contributed by atoms with Crippen LogP contribution in [0.5, 0.6) is 5.19 Å². The second kappa shape index (κ2) is 7.84. The van der Waals surface area contributed by atoms with Crippen molar-refractivity contribution in [1.82, 2.24) is 15.1 Å². The van der Waals surface area contributed by atoms with Gasteiger partial charge in [0, 0.05) is 19.2 Å². The van der Waals surface area contributed by atoms with Gasteiger partial charge in [0.15, 0.2) is 11.6 Å². The summed E-state index contributed by atoms with van der Waals surface area (Å²) in [5, 5.41) is 8.42. The average molecular weight is 323 g/mol. The molecule has 1 aromatic heterocycles. The molecule has 0 spiro atoms. The summed E-state index contributed by atoms with van der Waals surface area (Å²) in [7, 11) is 1.74. The number of aromatic nitrogens is 2. The Kier molecular flexibility index (Phi) is 5.83. The normalized spacial score (nSPS) is 10.5.